The van der Waals surface area contributed by atoms with E-state index in [0.29, 0.717) is 0 Å². The van der Waals surface area contributed by atoms with Gasteiger partial charge in [-0.25, -0.2) is 4.98 Å². The summed E-state index contributed by atoms with van der Waals surface area (Å²) < 4.78 is 1.06. The molecule has 0 fully saturated rings. The molecule has 118 valence electrons. The molecular formula is C18H13BrN4S. The van der Waals surface area contributed by atoms with Gasteiger partial charge in [-0.1, -0.05) is 46.3 Å². The Morgan fingerprint density at radius 2 is 1.96 bits per heavy atom. The number of anilines is 1. The van der Waals surface area contributed by atoms with Gasteiger partial charge in [0.1, 0.15) is 0 Å². The highest BCUT2D eigenvalue weighted by molar-refractivity contribution is 9.10. The third kappa shape index (κ3) is 3.11. The molecule has 0 aliphatic carbocycles. The number of rotatable bonds is 4. The zero-order valence-corrected chi connectivity index (χ0v) is 14.9. The van der Waals surface area contributed by atoms with Crippen molar-refractivity contribution in [1.29, 1.82) is 0 Å². The number of aromatic nitrogens is 2. The summed E-state index contributed by atoms with van der Waals surface area (Å²) in [6.45, 7) is 0. The maximum absolute atomic E-state index is 4.56. The number of nitrogens with zero attached hydrogens (tertiary/aromatic N) is 2. The lowest BCUT2D eigenvalue weighted by Gasteiger charge is -1.96. The fourth-order valence-corrected chi connectivity index (χ4v) is 3.37. The van der Waals surface area contributed by atoms with E-state index in [9.17, 15) is 0 Å². The summed E-state index contributed by atoms with van der Waals surface area (Å²) in [6.07, 6.45) is 3.75. The predicted molar refractivity (Wildman–Crippen MR) is 105 cm³/mol. The minimum absolute atomic E-state index is 0.768. The van der Waals surface area contributed by atoms with E-state index >= 15 is 0 Å². The molecule has 0 amide bonds. The van der Waals surface area contributed by atoms with E-state index in [1.165, 1.54) is 11.3 Å². The number of H-pyrrole nitrogens is 1. The monoisotopic (exact) mass is 396 g/mol. The average molecular weight is 397 g/mol. The number of nitrogens with one attached hydrogen (secondary N) is 2. The Labute approximate surface area is 151 Å². The van der Waals surface area contributed by atoms with E-state index in [-0.39, 0.29) is 0 Å². The van der Waals surface area contributed by atoms with Crippen LogP contribution in [0.2, 0.25) is 0 Å². The Hall–Kier alpha value is -2.44. The predicted octanol–water partition coefficient (Wildman–Crippen LogP) is 5.50. The SMILES string of the molecule is Brc1ccc(-c2csc(N/N=C/c3c[nH]c4ccccc34)n2)cc1. The first-order valence-corrected chi connectivity index (χ1v) is 9.03. The number of hydrazone groups is 1. The van der Waals surface area contributed by atoms with Crippen LogP contribution in [0.1, 0.15) is 5.56 Å². The van der Waals surface area contributed by atoms with Gasteiger partial charge >= 0.3 is 0 Å². The van der Waals surface area contributed by atoms with E-state index in [0.717, 1.165) is 37.3 Å². The molecule has 0 bridgehead atoms. The normalized spacial score (nSPS) is 11.4. The van der Waals surface area contributed by atoms with Crippen LogP contribution >= 0.6 is 27.3 Å². The van der Waals surface area contributed by atoms with Crippen molar-refractivity contribution in [2.24, 2.45) is 5.10 Å². The molecule has 0 saturated heterocycles. The third-order valence-electron chi connectivity index (χ3n) is 3.63. The molecule has 2 aromatic heterocycles. The fraction of sp³-hybridized carbons (Fsp3) is 0. The Morgan fingerprint density at radius 3 is 2.83 bits per heavy atom. The van der Waals surface area contributed by atoms with Gasteiger partial charge in [-0.3, -0.25) is 5.43 Å². The van der Waals surface area contributed by atoms with Gasteiger partial charge in [-0.15, -0.1) is 11.3 Å². The summed E-state index contributed by atoms with van der Waals surface area (Å²) in [4.78, 5) is 7.79. The molecule has 0 radical (unpaired) electrons. The van der Waals surface area contributed by atoms with E-state index in [2.05, 4.69) is 42.5 Å². The van der Waals surface area contributed by atoms with Gasteiger partial charge < -0.3 is 4.98 Å². The van der Waals surface area contributed by atoms with Crippen LogP contribution in [0, 0.1) is 0 Å². The highest BCUT2D eigenvalue weighted by Crippen LogP contribution is 2.26. The number of para-hydroxylation sites is 1. The van der Waals surface area contributed by atoms with Crippen LogP contribution in [0.15, 0.2) is 69.7 Å². The van der Waals surface area contributed by atoms with Crippen LogP contribution in [-0.2, 0) is 0 Å². The fourth-order valence-electron chi connectivity index (χ4n) is 2.44. The summed E-state index contributed by atoms with van der Waals surface area (Å²) in [7, 11) is 0. The molecule has 2 aromatic carbocycles. The van der Waals surface area contributed by atoms with Gasteiger partial charge in [0.25, 0.3) is 0 Å². The van der Waals surface area contributed by atoms with Gasteiger partial charge in [0.05, 0.1) is 11.9 Å². The number of hydrogen-bond acceptors (Lipinski definition) is 4. The molecular weight excluding hydrogens is 384 g/mol. The second-order valence-corrected chi connectivity index (χ2v) is 6.98. The summed E-state index contributed by atoms with van der Waals surface area (Å²) in [5, 5.41) is 8.24. The molecule has 0 aliphatic rings. The highest BCUT2D eigenvalue weighted by Gasteiger charge is 2.04. The Balaban J connectivity index is 1.49. The van der Waals surface area contributed by atoms with Crippen LogP contribution in [0.4, 0.5) is 5.13 Å². The van der Waals surface area contributed by atoms with Gasteiger partial charge in [0.2, 0.25) is 5.13 Å². The molecule has 4 nitrogen and oxygen atoms in total. The molecule has 4 rings (SSSR count). The lowest BCUT2D eigenvalue weighted by molar-refractivity contribution is 1.29. The van der Waals surface area contributed by atoms with E-state index in [4.69, 9.17) is 0 Å². The number of thiazole rings is 1. The number of benzene rings is 2. The summed E-state index contributed by atoms with van der Waals surface area (Å²) in [5.74, 6) is 0. The van der Waals surface area contributed by atoms with Gasteiger partial charge in [0, 0.05) is 38.1 Å². The maximum Gasteiger partial charge on any atom is 0.203 e. The minimum atomic E-state index is 0.768. The summed E-state index contributed by atoms with van der Waals surface area (Å²) in [5.41, 5.74) is 7.18. The number of aromatic amines is 1. The number of halogens is 1. The van der Waals surface area contributed by atoms with Crippen molar-refractivity contribution >= 4 is 49.5 Å². The molecule has 2 N–H and O–H groups in total. The van der Waals surface area contributed by atoms with Crippen molar-refractivity contribution < 1.29 is 0 Å². The van der Waals surface area contributed by atoms with Gasteiger partial charge in [0.15, 0.2) is 0 Å². The standard InChI is InChI=1S/C18H13BrN4S/c19-14-7-5-12(6-8-14)17-11-24-18(22-17)23-21-10-13-9-20-16-4-2-1-3-15(13)16/h1-11,20H,(H,22,23)/b21-10+. The van der Waals surface area contributed by atoms with Crippen molar-refractivity contribution in [2.75, 3.05) is 5.43 Å². The van der Waals surface area contributed by atoms with Crippen LogP contribution in [-0.4, -0.2) is 16.2 Å². The van der Waals surface area contributed by atoms with Crippen LogP contribution < -0.4 is 5.43 Å². The molecule has 0 unspecified atom stereocenters. The molecule has 0 atom stereocenters. The van der Waals surface area contributed by atoms with Crippen molar-refractivity contribution in [3.8, 4) is 11.3 Å². The van der Waals surface area contributed by atoms with E-state index < -0.39 is 0 Å². The molecule has 2 heterocycles. The number of fused-ring (bicyclic) bond motifs is 1. The lowest BCUT2D eigenvalue weighted by atomic mass is 10.2. The topological polar surface area (TPSA) is 53.1 Å². The zero-order valence-electron chi connectivity index (χ0n) is 12.5. The van der Waals surface area contributed by atoms with Crippen molar-refractivity contribution in [2.45, 2.75) is 0 Å². The van der Waals surface area contributed by atoms with Crippen LogP contribution in [0.3, 0.4) is 0 Å². The van der Waals surface area contributed by atoms with Crippen molar-refractivity contribution in [3.63, 3.8) is 0 Å². The van der Waals surface area contributed by atoms with Crippen molar-refractivity contribution in [3.05, 3.63) is 70.1 Å². The van der Waals surface area contributed by atoms with Gasteiger partial charge in [-0.2, -0.15) is 5.10 Å². The van der Waals surface area contributed by atoms with Crippen molar-refractivity contribution in [1.82, 2.24) is 9.97 Å². The largest absolute Gasteiger partial charge is 0.361 e. The first-order valence-electron chi connectivity index (χ1n) is 7.36. The smallest absolute Gasteiger partial charge is 0.203 e. The summed E-state index contributed by atoms with van der Waals surface area (Å²) in [6, 6.07) is 16.3. The first-order chi connectivity index (χ1) is 11.8. The Morgan fingerprint density at radius 1 is 1.12 bits per heavy atom. The minimum Gasteiger partial charge on any atom is -0.361 e. The van der Waals surface area contributed by atoms with Crippen LogP contribution in [0.5, 0.6) is 0 Å². The molecule has 0 spiro atoms. The third-order valence-corrected chi connectivity index (χ3v) is 4.90. The molecule has 6 heteroatoms. The molecule has 0 saturated carbocycles. The average Bonchev–Trinajstić information content (AvgIpc) is 3.23. The van der Waals surface area contributed by atoms with E-state index in [1.807, 2.05) is 54.0 Å². The number of hydrogen-bond donors (Lipinski definition) is 2. The van der Waals surface area contributed by atoms with Gasteiger partial charge in [-0.05, 0) is 18.2 Å². The van der Waals surface area contributed by atoms with Crippen LogP contribution in [0.25, 0.3) is 22.2 Å². The maximum atomic E-state index is 4.56. The summed E-state index contributed by atoms with van der Waals surface area (Å²) >= 11 is 4.98. The lowest BCUT2D eigenvalue weighted by Crippen LogP contribution is -1.89. The highest BCUT2D eigenvalue weighted by atomic mass is 79.9. The quantitative estimate of drug-likeness (QED) is 0.353. The molecule has 4 aromatic rings. The first kappa shape index (κ1) is 15.1. The second-order valence-electron chi connectivity index (χ2n) is 5.20. The Kier molecular flexibility index (Phi) is 4.15. The molecule has 24 heavy (non-hydrogen) atoms. The van der Waals surface area contributed by atoms with E-state index in [1.54, 1.807) is 6.21 Å². The molecule has 0 aliphatic heterocycles. The second kappa shape index (κ2) is 6.59. The zero-order chi connectivity index (χ0) is 16.4. The Bertz CT molecular complexity index is 1000.